The van der Waals surface area contributed by atoms with Crippen LogP contribution >= 0.6 is 11.8 Å². The number of nitrogens with zero attached hydrogens (tertiary/aromatic N) is 2. The van der Waals surface area contributed by atoms with Crippen LogP contribution in [0.2, 0.25) is 0 Å². The van der Waals surface area contributed by atoms with Crippen LogP contribution in [-0.2, 0) is 0 Å². The summed E-state index contributed by atoms with van der Waals surface area (Å²) in [6.07, 6.45) is 1.91. The number of hydrogen-bond donors (Lipinski definition) is 1. The molecular weight excluding hydrogens is 184 g/mol. The third-order valence-corrected chi connectivity index (χ3v) is 1.86. The second-order valence-corrected chi connectivity index (χ2v) is 3.11. The molecule has 0 aliphatic rings. The smallest absolute Gasteiger partial charge is 0.188 e. The van der Waals surface area contributed by atoms with Gasteiger partial charge in [0.05, 0.1) is 0 Å². The van der Waals surface area contributed by atoms with Gasteiger partial charge in [-0.2, -0.15) is 0 Å². The van der Waals surface area contributed by atoms with Crippen molar-refractivity contribution in [2.75, 3.05) is 12.9 Å². The molecule has 1 rings (SSSR count). The first-order chi connectivity index (χ1) is 6.26. The zero-order chi connectivity index (χ0) is 9.68. The number of rotatable bonds is 1. The highest BCUT2D eigenvalue weighted by atomic mass is 32.2. The first-order valence-electron chi connectivity index (χ1n) is 3.75. The maximum absolute atomic E-state index is 8.50. The normalized spacial score (nSPS) is 9.15. The Bertz CT molecular complexity index is 354. The molecule has 4 heteroatoms. The lowest BCUT2D eigenvalue weighted by Gasteiger charge is -1.97. The summed E-state index contributed by atoms with van der Waals surface area (Å²) in [5, 5.41) is 9.21. The number of hydrogen-bond acceptors (Lipinski definition) is 4. The highest BCUT2D eigenvalue weighted by Crippen LogP contribution is 2.09. The number of thioether (sulfide) groups is 1. The van der Waals surface area contributed by atoms with Gasteiger partial charge in [0.1, 0.15) is 12.3 Å². The van der Waals surface area contributed by atoms with Gasteiger partial charge in [-0.25, -0.2) is 9.97 Å². The summed E-state index contributed by atoms with van der Waals surface area (Å²) in [4.78, 5) is 8.34. The average Bonchev–Trinajstić information content (AvgIpc) is 2.14. The maximum Gasteiger partial charge on any atom is 0.188 e. The van der Waals surface area contributed by atoms with Crippen molar-refractivity contribution in [3.05, 3.63) is 17.5 Å². The lowest BCUT2D eigenvalue weighted by molar-refractivity contribution is 0.350. The monoisotopic (exact) mass is 194 g/mol. The number of aromatic nitrogens is 2. The molecule has 1 N–H and O–H groups in total. The topological polar surface area (TPSA) is 46.0 Å². The van der Waals surface area contributed by atoms with E-state index in [1.165, 1.54) is 11.8 Å². The molecule has 68 valence electrons. The molecule has 0 spiro atoms. The largest absolute Gasteiger partial charge is 0.384 e. The first-order valence-corrected chi connectivity index (χ1v) is 4.98. The Kier molecular flexibility index (Phi) is 3.74. The fourth-order valence-corrected chi connectivity index (χ4v) is 1.25. The van der Waals surface area contributed by atoms with E-state index >= 15 is 0 Å². The van der Waals surface area contributed by atoms with Gasteiger partial charge >= 0.3 is 0 Å². The molecule has 0 unspecified atom stereocenters. The van der Waals surface area contributed by atoms with Gasteiger partial charge in [0.15, 0.2) is 5.16 Å². The number of aliphatic hydroxyl groups is 1. The molecule has 13 heavy (non-hydrogen) atoms. The SMILES string of the molecule is CSc1nc(C)cc(C#CCO)n1. The van der Waals surface area contributed by atoms with E-state index in [1.54, 1.807) is 6.07 Å². The van der Waals surface area contributed by atoms with E-state index in [1.807, 2.05) is 13.2 Å². The van der Waals surface area contributed by atoms with Crippen molar-refractivity contribution >= 4 is 11.8 Å². The molecule has 0 aliphatic heterocycles. The Balaban J connectivity index is 3.01. The van der Waals surface area contributed by atoms with E-state index < -0.39 is 0 Å². The van der Waals surface area contributed by atoms with Crippen LogP contribution < -0.4 is 0 Å². The number of aliphatic hydroxyl groups excluding tert-OH is 1. The molecule has 0 atom stereocenters. The summed E-state index contributed by atoms with van der Waals surface area (Å²) in [6, 6.07) is 1.79. The zero-order valence-corrected chi connectivity index (χ0v) is 8.35. The van der Waals surface area contributed by atoms with E-state index in [-0.39, 0.29) is 6.61 Å². The van der Waals surface area contributed by atoms with Crippen molar-refractivity contribution in [3.8, 4) is 11.8 Å². The summed E-state index contributed by atoms with van der Waals surface area (Å²) in [6.45, 7) is 1.75. The average molecular weight is 194 g/mol. The van der Waals surface area contributed by atoms with Gasteiger partial charge in [0, 0.05) is 5.69 Å². The van der Waals surface area contributed by atoms with E-state index in [0.29, 0.717) is 10.9 Å². The molecule has 1 aromatic rings. The van der Waals surface area contributed by atoms with Crippen LogP contribution in [0, 0.1) is 18.8 Å². The molecule has 1 heterocycles. The fraction of sp³-hybridized carbons (Fsp3) is 0.333. The summed E-state index contributed by atoms with van der Waals surface area (Å²) in [7, 11) is 0. The lowest BCUT2D eigenvalue weighted by Crippen LogP contribution is -1.92. The summed E-state index contributed by atoms with van der Waals surface area (Å²) >= 11 is 1.48. The Morgan fingerprint density at radius 3 is 2.92 bits per heavy atom. The molecular formula is C9H10N2OS. The standard InChI is InChI=1S/C9H10N2OS/c1-7-6-8(4-3-5-12)11-9(10-7)13-2/h6,12H,5H2,1-2H3. The van der Waals surface area contributed by atoms with Crippen molar-refractivity contribution in [3.63, 3.8) is 0 Å². The highest BCUT2D eigenvalue weighted by Gasteiger charge is 1.97. The van der Waals surface area contributed by atoms with Gasteiger partial charge in [-0.05, 0) is 25.2 Å². The predicted octanol–water partition coefficient (Wildman–Crippen LogP) is 0.851. The van der Waals surface area contributed by atoms with Crippen molar-refractivity contribution in [1.82, 2.24) is 9.97 Å². The molecule has 0 saturated carbocycles. The van der Waals surface area contributed by atoms with Gasteiger partial charge in [-0.3, -0.25) is 0 Å². The van der Waals surface area contributed by atoms with Gasteiger partial charge < -0.3 is 5.11 Å². The third kappa shape index (κ3) is 3.05. The van der Waals surface area contributed by atoms with Crippen LogP contribution in [-0.4, -0.2) is 27.9 Å². The molecule has 0 fully saturated rings. The lowest BCUT2D eigenvalue weighted by atomic mass is 10.3. The van der Waals surface area contributed by atoms with E-state index in [0.717, 1.165) is 5.69 Å². The van der Waals surface area contributed by atoms with Crippen LogP contribution in [0.3, 0.4) is 0 Å². The Morgan fingerprint density at radius 2 is 2.31 bits per heavy atom. The third-order valence-electron chi connectivity index (χ3n) is 1.31. The molecule has 0 amide bonds. The van der Waals surface area contributed by atoms with E-state index in [2.05, 4.69) is 21.8 Å². The van der Waals surface area contributed by atoms with Crippen molar-refractivity contribution < 1.29 is 5.11 Å². The first kappa shape index (κ1) is 10.0. The minimum atomic E-state index is -0.141. The van der Waals surface area contributed by atoms with Gasteiger partial charge in [-0.1, -0.05) is 17.7 Å². The van der Waals surface area contributed by atoms with Crippen molar-refractivity contribution in [2.24, 2.45) is 0 Å². The minimum absolute atomic E-state index is 0.141. The van der Waals surface area contributed by atoms with Crippen LogP contribution in [0.25, 0.3) is 0 Å². The fourth-order valence-electron chi connectivity index (χ4n) is 0.827. The van der Waals surface area contributed by atoms with Crippen molar-refractivity contribution in [2.45, 2.75) is 12.1 Å². The van der Waals surface area contributed by atoms with E-state index in [4.69, 9.17) is 5.11 Å². The van der Waals surface area contributed by atoms with Gasteiger partial charge in [0.25, 0.3) is 0 Å². The zero-order valence-electron chi connectivity index (χ0n) is 7.53. The molecule has 0 radical (unpaired) electrons. The Labute approximate surface area is 81.6 Å². The maximum atomic E-state index is 8.50. The molecule has 0 aliphatic carbocycles. The van der Waals surface area contributed by atoms with Gasteiger partial charge in [-0.15, -0.1) is 0 Å². The Hall–Kier alpha value is -1.05. The van der Waals surface area contributed by atoms with Crippen molar-refractivity contribution in [1.29, 1.82) is 0 Å². The van der Waals surface area contributed by atoms with Crippen LogP contribution in [0.1, 0.15) is 11.4 Å². The molecule has 0 aromatic carbocycles. The Morgan fingerprint density at radius 1 is 1.54 bits per heavy atom. The number of aryl methyl sites for hydroxylation is 1. The summed E-state index contributed by atoms with van der Waals surface area (Å²) in [5.41, 5.74) is 1.55. The highest BCUT2D eigenvalue weighted by molar-refractivity contribution is 7.98. The minimum Gasteiger partial charge on any atom is -0.384 e. The molecule has 0 bridgehead atoms. The summed E-state index contributed by atoms with van der Waals surface area (Å²) < 4.78 is 0. The second-order valence-electron chi connectivity index (χ2n) is 2.34. The molecule has 0 saturated heterocycles. The van der Waals surface area contributed by atoms with Crippen LogP contribution in [0.15, 0.2) is 11.2 Å². The molecule has 1 aromatic heterocycles. The summed E-state index contributed by atoms with van der Waals surface area (Å²) in [5.74, 6) is 5.29. The van der Waals surface area contributed by atoms with Gasteiger partial charge in [0.2, 0.25) is 0 Å². The van der Waals surface area contributed by atoms with Crippen LogP contribution in [0.4, 0.5) is 0 Å². The quantitative estimate of drug-likeness (QED) is 0.409. The predicted molar refractivity (Wildman–Crippen MR) is 52.5 cm³/mol. The van der Waals surface area contributed by atoms with E-state index in [9.17, 15) is 0 Å². The van der Waals surface area contributed by atoms with Crippen LogP contribution in [0.5, 0.6) is 0 Å². The second kappa shape index (κ2) is 4.85. The molecule has 3 nitrogen and oxygen atoms in total.